The molecule has 0 aromatic carbocycles. The van der Waals surface area contributed by atoms with Crippen molar-refractivity contribution in [3.63, 3.8) is 0 Å². The molecule has 0 radical (unpaired) electrons. The van der Waals surface area contributed by atoms with Crippen LogP contribution >= 0.6 is 0 Å². The number of carbonyl (C=O) groups excluding carboxylic acids is 2. The summed E-state index contributed by atoms with van der Waals surface area (Å²) in [6.07, 6.45) is 37.6. The van der Waals surface area contributed by atoms with Crippen LogP contribution in [0.3, 0.4) is 0 Å². The van der Waals surface area contributed by atoms with Gasteiger partial charge in [0.25, 0.3) is 0 Å². The van der Waals surface area contributed by atoms with Crippen LogP contribution in [0.1, 0.15) is 181 Å². The summed E-state index contributed by atoms with van der Waals surface area (Å²) in [4.78, 5) is 30.1. The summed E-state index contributed by atoms with van der Waals surface area (Å²) < 4.78 is 13.1. The lowest BCUT2D eigenvalue weighted by atomic mass is 10.1. The highest BCUT2D eigenvalue weighted by molar-refractivity contribution is 5.70. The molecule has 0 saturated heterocycles. The molecular formula is C39H74N3O4+. The van der Waals surface area contributed by atoms with Crippen LogP contribution in [0.15, 0.2) is 18.7 Å². The molecule has 268 valence electrons. The number of hydrogen-bond donors (Lipinski definition) is 1. The average molecular weight is 649 g/mol. The van der Waals surface area contributed by atoms with E-state index in [1.807, 2.05) is 18.7 Å². The summed E-state index contributed by atoms with van der Waals surface area (Å²) in [6, 6.07) is 0. The lowest BCUT2D eigenvalue weighted by Gasteiger charge is -2.20. The van der Waals surface area contributed by atoms with Crippen LogP contribution in [-0.2, 0) is 25.6 Å². The molecule has 7 heteroatoms. The Kier molecular flexibility index (Phi) is 30.3. The van der Waals surface area contributed by atoms with Gasteiger partial charge in [0, 0.05) is 19.6 Å². The third-order valence-corrected chi connectivity index (χ3v) is 9.06. The fourth-order valence-electron chi connectivity index (χ4n) is 5.95. The third-order valence-electron chi connectivity index (χ3n) is 9.06. The van der Waals surface area contributed by atoms with Crippen molar-refractivity contribution in [2.45, 2.75) is 187 Å². The Bertz CT molecular complexity index is 740. The van der Waals surface area contributed by atoms with Crippen LogP contribution in [0.2, 0.25) is 0 Å². The second-order valence-electron chi connectivity index (χ2n) is 13.4. The Labute approximate surface area is 284 Å². The van der Waals surface area contributed by atoms with E-state index in [1.165, 1.54) is 128 Å². The lowest BCUT2D eigenvalue weighted by molar-refractivity contribution is -0.695. The van der Waals surface area contributed by atoms with Gasteiger partial charge in [0.2, 0.25) is 6.33 Å². The molecule has 1 rings (SSSR count). The molecule has 0 aliphatic heterocycles. The van der Waals surface area contributed by atoms with Crippen LogP contribution < -0.4 is 4.57 Å². The van der Waals surface area contributed by atoms with Crippen LogP contribution in [0, 0.1) is 0 Å². The van der Waals surface area contributed by atoms with Gasteiger partial charge in [-0.25, -0.2) is 4.57 Å². The van der Waals surface area contributed by atoms with Gasteiger partial charge in [-0.2, -0.15) is 0 Å². The molecule has 46 heavy (non-hydrogen) atoms. The third kappa shape index (κ3) is 28.3. The summed E-state index contributed by atoms with van der Waals surface area (Å²) in [5.74, 6) is -0.283. The van der Waals surface area contributed by atoms with Gasteiger partial charge in [-0.3, -0.25) is 19.5 Å². The molecule has 7 nitrogen and oxygen atoms in total. The predicted octanol–water partition coefficient (Wildman–Crippen LogP) is 9.87. The van der Waals surface area contributed by atoms with E-state index in [0.717, 1.165) is 38.8 Å². The first-order valence-electron chi connectivity index (χ1n) is 19.7. The number of rotatable bonds is 35. The average Bonchev–Trinajstić information content (AvgIpc) is 3.59. The van der Waals surface area contributed by atoms with Crippen molar-refractivity contribution in [2.75, 3.05) is 32.8 Å². The summed E-state index contributed by atoms with van der Waals surface area (Å²) in [7, 11) is 0. The summed E-state index contributed by atoms with van der Waals surface area (Å²) >= 11 is 0. The molecule has 0 fully saturated rings. The smallest absolute Gasteiger partial charge is 0.307 e. The van der Waals surface area contributed by atoms with Crippen molar-refractivity contribution in [3.05, 3.63) is 18.7 Å². The van der Waals surface area contributed by atoms with E-state index in [1.54, 1.807) is 0 Å². The number of hydrogen-bond acceptors (Lipinski definition) is 5. The second-order valence-corrected chi connectivity index (χ2v) is 13.4. The van der Waals surface area contributed by atoms with Crippen molar-refractivity contribution >= 4 is 11.9 Å². The van der Waals surface area contributed by atoms with Crippen LogP contribution in [0.25, 0.3) is 0 Å². The Morgan fingerprint density at radius 1 is 0.543 bits per heavy atom. The fourth-order valence-corrected chi connectivity index (χ4v) is 5.95. The summed E-state index contributed by atoms with van der Waals surface area (Å²) in [5.41, 5.74) is 0. The first-order valence-corrected chi connectivity index (χ1v) is 19.7. The van der Waals surface area contributed by atoms with E-state index in [4.69, 9.17) is 9.47 Å². The number of esters is 2. The van der Waals surface area contributed by atoms with E-state index in [0.29, 0.717) is 39.1 Å². The van der Waals surface area contributed by atoms with Crippen molar-refractivity contribution in [3.8, 4) is 0 Å². The molecule has 1 N–H and O–H groups in total. The number of nitrogens with zero attached hydrogens (tertiary/aromatic N) is 2. The topological polar surface area (TPSA) is 75.5 Å². The minimum Gasteiger partial charge on any atom is -0.466 e. The predicted molar refractivity (Wildman–Crippen MR) is 191 cm³/mol. The first-order chi connectivity index (χ1) is 22.7. The first kappa shape index (κ1) is 42.1. The van der Waals surface area contributed by atoms with Crippen molar-refractivity contribution in [1.29, 1.82) is 0 Å². The second kappa shape index (κ2) is 33.0. The Morgan fingerprint density at radius 3 is 1.26 bits per heavy atom. The Hall–Kier alpha value is -1.89. The molecule has 0 aliphatic carbocycles. The molecule has 0 aliphatic rings. The van der Waals surface area contributed by atoms with Crippen LogP contribution in [0.4, 0.5) is 0 Å². The van der Waals surface area contributed by atoms with Gasteiger partial charge in [-0.1, -0.05) is 155 Å². The zero-order valence-electron chi connectivity index (χ0n) is 30.4. The summed E-state index contributed by atoms with van der Waals surface area (Å²) in [5, 5.41) is 0. The van der Waals surface area contributed by atoms with Crippen molar-refractivity contribution < 1.29 is 23.6 Å². The van der Waals surface area contributed by atoms with Crippen LogP contribution in [0.5, 0.6) is 0 Å². The SMILES string of the molecule is CCCCCCCCCCCCCCOC(=O)CCN(CCC(=O)OCCCCCCCCCCCCCC)CC[n+]1cc[nH]c1. The summed E-state index contributed by atoms with van der Waals surface area (Å²) in [6.45, 7) is 8.31. The quantitative estimate of drug-likeness (QED) is 0.0450. The molecule has 1 aromatic rings. The van der Waals surface area contributed by atoms with Gasteiger partial charge in [0.05, 0.1) is 26.1 Å². The van der Waals surface area contributed by atoms with Crippen LogP contribution in [-0.4, -0.2) is 54.7 Å². The number of unbranched alkanes of at least 4 members (excludes halogenated alkanes) is 22. The number of imidazole rings is 1. The van der Waals surface area contributed by atoms with Crippen molar-refractivity contribution in [1.82, 2.24) is 9.88 Å². The minimum atomic E-state index is -0.142. The van der Waals surface area contributed by atoms with E-state index < -0.39 is 0 Å². The molecule has 0 unspecified atom stereocenters. The molecule has 0 saturated carbocycles. The van der Waals surface area contributed by atoms with Gasteiger partial charge in [0.1, 0.15) is 18.9 Å². The molecule has 0 atom stereocenters. The van der Waals surface area contributed by atoms with E-state index in [9.17, 15) is 9.59 Å². The lowest BCUT2D eigenvalue weighted by Crippen LogP contribution is -2.40. The maximum atomic E-state index is 12.4. The largest absolute Gasteiger partial charge is 0.466 e. The molecule has 0 amide bonds. The van der Waals surface area contributed by atoms with Gasteiger partial charge >= 0.3 is 11.9 Å². The zero-order chi connectivity index (χ0) is 33.2. The number of aromatic amines is 1. The van der Waals surface area contributed by atoms with Crippen molar-refractivity contribution in [2.24, 2.45) is 0 Å². The molecule has 0 bridgehead atoms. The minimum absolute atomic E-state index is 0.142. The standard InChI is InChI=1S/C39H73N3O4/c1-3-5-7-9-11-13-15-17-19-21-23-25-35-45-38(43)27-30-41(33-34-42-32-29-40-37-42)31-28-39(44)46-36-26-24-22-20-18-16-14-12-10-8-6-4-2/h29,32,37H,3-28,30-31,33-36H2,1-2H3/p+1. The fraction of sp³-hybridized carbons (Fsp3) is 0.872. The highest BCUT2D eigenvalue weighted by atomic mass is 16.5. The number of H-pyrrole nitrogens is 1. The Balaban J connectivity index is 2.09. The Morgan fingerprint density at radius 2 is 0.913 bits per heavy atom. The maximum Gasteiger partial charge on any atom is 0.307 e. The van der Waals surface area contributed by atoms with Gasteiger partial charge in [0.15, 0.2) is 0 Å². The molecular weight excluding hydrogens is 574 g/mol. The monoisotopic (exact) mass is 649 g/mol. The van der Waals surface area contributed by atoms with E-state index >= 15 is 0 Å². The number of ether oxygens (including phenoxy) is 2. The highest BCUT2D eigenvalue weighted by Gasteiger charge is 2.13. The van der Waals surface area contributed by atoms with E-state index in [-0.39, 0.29) is 11.9 Å². The maximum absolute atomic E-state index is 12.4. The normalized spacial score (nSPS) is 11.4. The molecule has 1 heterocycles. The number of carbonyl (C=O) groups is 2. The van der Waals surface area contributed by atoms with Gasteiger partial charge in [-0.15, -0.1) is 0 Å². The zero-order valence-corrected chi connectivity index (χ0v) is 30.4. The van der Waals surface area contributed by atoms with Gasteiger partial charge in [-0.05, 0) is 12.8 Å². The highest BCUT2D eigenvalue weighted by Crippen LogP contribution is 2.13. The number of nitrogens with one attached hydrogen (secondary N) is 1. The number of aromatic nitrogens is 2. The van der Waals surface area contributed by atoms with Gasteiger partial charge < -0.3 is 9.47 Å². The molecule has 1 aromatic heterocycles. The molecule has 0 spiro atoms. The van der Waals surface area contributed by atoms with E-state index in [2.05, 4.69) is 28.3 Å².